The first kappa shape index (κ1) is 9.69. The number of nitrogens with zero attached hydrogens (tertiary/aromatic N) is 3. The second-order valence-electron chi connectivity index (χ2n) is 2.90. The molecule has 1 heterocycles. The lowest BCUT2D eigenvalue weighted by Gasteiger charge is -2.17. The van der Waals surface area contributed by atoms with Crippen LogP contribution in [0.3, 0.4) is 0 Å². The molecule has 4 nitrogen and oxygen atoms in total. The number of H-pyrrole nitrogens is 1. The summed E-state index contributed by atoms with van der Waals surface area (Å²) >= 11 is 0. The highest BCUT2D eigenvalue weighted by molar-refractivity contribution is 6.74. The molecule has 1 aromatic heterocycles. The molecule has 0 unspecified atom stereocenters. The quantitative estimate of drug-likeness (QED) is 0.754. The lowest BCUT2D eigenvalue weighted by atomic mass is 9.77. The molecule has 15 heavy (non-hydrogen) atoms. The molecule has 0 spiro atoms. The Morgan fingerprint density at radius 1 is 1.13 bits per heavy atom. The van der Waals surface area contributed by atoms with Crippen LogP contribution in [-0.2, 0) is 0 Å². The number of benzene rings is 1. The van der Waals surface area contributed by atoms with Crippen LogP contribution in [0, 0.1) is 0 Å². The van der Waals surface area contributed by atoms with E-state index in [-0.39, 0.29) is 11.4 Å². The van der Waals surface area contributed by atoms with Gasteiger partial charge in [-0.25, -0.2) is 0 Å². The normalized spacial score (nSPS) is 11.7. The van der Waals surface area contributed by atoms with E-state index in [9.17, 15) is 12.9 Å². The highest BCUT2D eigenvalue weighted by Gasteiger charge is 2.29. The molecule has 0 bridgehead atoms. The minimum atomic E-state index is -5.07. The third kappa shape index (κ3) is 1.83. The van der Waals surface area contributed by atoms with Gasteiger partial charge in [-0.2, -0.15) is 5.21 Å². The number of tetrazole rings is 1. The summed E-state index contributed by atoms with van der Waals surface area (Å²) in [4.78, 5) is 0. The summed E-state index contributed by atoms with van der Waals surface area (Å²) in [5.74, 6) is -0.0511. The number of aromatic amines is 1. The summed E-state index contributed by atoms with van der Waals surface area (Å²) in [6.45, 7) is -5.07. The van der Waals surface area contributed by atoms with Crippen LogP contribution < -0.4 is 5.46 Å². The van der Waals surface area contributed by atoms with Gasteiger partial charge in [0.1, 0.15) is 0 Å². The van der Waals surface area contributed by atoms with Crippen molar-refractivity contribution in [1.82, 2.24) is 20.6 Å². The zero-order valence-electron chi connectivity index (χ0n) is 7.36. The first-order valence-corrected chi connectivity index (χ1v) is 4.12. The lowest BCUT2D eigenvalue weighted by molar-refractivity contribution is 0.501. The van der Waals surface area contributed by atoms with Crippen molar-refractivity contribution in [2.75, 3.05) is 0 Å². The van der Waals surface area contributed by atoms with E-state index < -0.39 is 12.4 Å². The molecule has 0 radical (unpaired) electrons. The van der Waals surface area contributed by atoms with Gasteiger partial charge in [0, 0.05) is 0 Å². The van der Waals surface area contributed by atoms with E-state index in [1.165, 1.54) is 18.2 Å². The summed E-state index contributed by atoms with van der Waals surface area (Å²) in [6, 6.07) is 5.15. The minimum absolute atomic E-state index is 0.0511. The van der Waals surface area contributed by atoms with Crippen LogP contribution in [0.5, 0.6) is 0 Å². The van der Waals surface area contributed by atoms with Gasteiger partial charge in [0.2, 0.25) is 5.82 Å². The van der Waals surface area contributed by atoms with Crippen molar-refractivity contribution in [2.24, 2.45) is 0 Å². The predicted molar refractivity (Wildman–Crippen MR) is 48.3 cm³/mol. The highest BCUT2D eigenvalue weighted by Crippen LogP contribution is 2.17. The van der Waals surface area contributed by atoms with E-state index in [1.807, 2.05) is 0 Å². The van der Waals surface area contributed by atoms with Gasteiger partial charge in [-0.05, 0) is 10.8 Å². The Kier molecular flexibility index (Phi) is 2.18. The number of nitrogens with one attached hydrogen (secondary N) is 1. The fourth-order valence-electron chi connectivity index (χ4n) is 1.26. The first-order chi connectivity index (χ1) is 7.09. The molecule has 0 amide bonds. The molecule has 2 aromatic rings. The fraction of sp³-hybridized carbons (Fsp3) is 0. The van der Waals surface area contributed by atoms with Gasteiger partial charge in [-0.3, -0.25) is 0 Å². The maximum atomic E-state index is 12.6. The molecule has 78 valence electrons. The molecule has 8 heteroatoms. The molecular weight excluding hydrogens is 208 g/mol. The van der Waals surface area contributed by atoms with Crippen LogP contribution in [0.1, 0.15) is 0 Å². The van der Waals surface area contributed by atoms with E-state index in [4.69, 9.17) is 0 Å². The average molecular weight is 213 g/mol. The Labute approximate surface area is 82.6 Å². The fourth-order valence-corrected chi connectivity index (χ4v) is 1.26. The molecule has 1 N–H and O–H groups in total. The average Bonchev–Trinajstić information content (AvgIpc) is 2.69. The monoisotopic (exact) mass is 213 g/mol. The lowest BCUT2D eigenvalue weighted by Crippen LogP contribution is -2.35. The van der Waals surface area contributed by atoms with Gasteiger partial charge in [0.15, 0.2) is 0 Å². The maximum Gasteiger partial charge on any atom is 0.510 e. The zero-order chi connectivity index (χ0) is 10.9. The number of hydrogen-bond acceptors (Lipinski definition) is 3. The second-order valence-corrected chi connectivity index (χ2v) is 2.90. The standard InChI is InChI=1S/C7H5BF3N4/c9-8(10,11)6-4-2-1-3-5(6)7-12-14-15-13-7/h1-4H,(H,12,13,14,15)/q-1. The second kappa shape index (κ2) is 3.37. The van der Waals surface area contributed by atoms with Gasteiger partial charge in [0.05, 0.1) is 0 Å². The Morgan fingerprint density at radius 3 is 2.47 bits per heavy atom. The molecule has 0 aliphatic rings. The van der Waals surface area contributed by atoms with Crippen LogP contribution in [0.4, 0.5) is 12.9 Å². The topological polar surface area (TPSA) is 54.5 Å². The minimum Gasteiger partial charge on any atom is -0.445 e. The van der Waals surface area contributed by atoms with Gasteiger partial charge in [-0.1, -0.05) is 29.7 Å². The van der Waals surface area contributed by atoms with Crippen molar-refractivity contribution in [1.29, 1.82) is 0 Å². The van der Waals surface area contributed by atoms with E-state index in [1.54, 1.807) is 0 Å². The third-order valence-corrected chi connectivity index (χ3v) is 1.90. The van der Waals surface area contributed by atoms with Gasteiger partial charge >= 0.3 is 6.98 Å². The van der Waals surface area contributed by atoms with Crippen molar-refractivity contribution in [3.05, 3.63) is 24.3 Å². The van der Waals surface area contributed by atoms with Crippen molar-refractivity contribution in [2.45, 2.75) is 0 Å². The Bertz CT molecular complexity index is 454. The molecule has 0 aliphatic heterocycles. The molecular formula is C7H5BF3N4-. The highest BCUT2D eigenvalue weighted by atomic mass is 19.4. The summed E-state index contributed by atoms with van der Waals surface area (Å²) < 4.78 is 37.8. The third-order valence-electron chi connectivity index (χ3n) is 1.90. The maximum absolute atomic E-state index is 12.6. The van der Waals surface area contributed by atoms with Crippen LogP contribution in [0.25, 0.3) is 11.4 Å². The number of aromatic nitrogens is 4. The SMILES string of the molecule is F[B-](F)(F)c1ccccc1-c1nn[nH]n1. The van der Waals surface area contributed by atoms with Crippen LogP contribution in [0.2, 0.25) is 0 Å². The van der Waals surface area contributed by atoms with Gasteiger partial charge in [0.25, 0.3) is 0 Å². The number of halogens is 3. The summed E-state index contributed by atoms with van der Waals surface area (Å²) in [6.07, 6.45) is 0. The first-order valence-electron chi connectivity index (χ1n) is 4.12. The molecule has 0 fully saturated rings. The van der Waals surface area contributed by atoms with Gasteiger partial charge in [-0.15, -0.1) is 10.2 Å². The summed E-state index contributed by atoms with van der Waals surface area (Å²) in [7, 11) is 0. The van der Waals surface area contributed by atoms with Crippen molar-refractivity contribution < 1.29 is 12.9 Å². The zero-order valence-corrected chi connectivity index (χ0v) is 7.36. The van der Waals surface area contributed by atoms with Crippen LogP contribution >= 0.6 is 0 Å². The largest absolute Gasteiger partial charge is 0.510 e. The van der Waals surface area contributed by atoms with Crippen molar-refractivity contribution in [3.8, 4) is 11.4 Å². The van der Waals surface area contributed by atoms with Crippen molar-refractivity contribution in [3.63, 3.8) is 0 Å². The molecule has 0 saturated carbocycles. The smallest absolute Gasteiger partial charge is 0.445 e. The Hall–Kier alpha value is -1.86. The van der Waals surface area contributed by atoms with Crippen molar-refractivity contribution >= 4 is 12.4 Å². The predicted octanol–water partition coefficient (Wildman–Crippen LogP) is 0.921. The molecule has 2 rings (SSSR count). The van der Waals surface area contributed by atoms with Gasteiger partial charge < -0.3 is 12.9 Å². The van der Waals surface area contributed by atoms with E-state index >= 15 is 0 Å². The molecule has 0 atom stereocenters. The summed E-state index contributed by atoms with van der Waals surface area (Å²) in [5, 5.41) is 12.4. The van der Waals surface area contributed by atoms with E-state index in [2.05, 4.69) is 20.6 Å². The Balaban J connectivity index is 2.58. The number of rotatable bonds is 2. The Morgan fingerprint density at radius 2 is 1.87 bits per heavy atom. The number of hydrogen-bond donors (Lipinski definition) is 1. The van der Waals surface area contributed by atoms with E-state index in [0.29, 0.717) is 0 Å². The summed E-state index contributed by atoms with van der Waals surface area (Å²) in [5.41, 5.74) is -0.766. The molecule has 1 aromatic carbocycles. The van der Waals surface area contributed by atoms with Crippen LogP contribution in [-0.4, -0.2) is 27.6 Å². The molecule has 0 saturated heterocycles. The van der Waals surface area contributed by atoms with E-state index in [0.717, 1.165) is 6.07 Å². The molecule has 0 aliphatic carbocycles. The van der Waals surface area contributed by atoms with Crippen LogP contribution in [0.15, 0.2) is 24.3 Å².